The third kappa shape index (κ3) is 3.39. The number of carboxylic acids is 1. The van der Waals surface area contributed by atoms with Crippen molar-refractivity contribution in [3.63, 3.8) is 0 Å². The SMILES string of the molecule is CCCCC1CN(c2c(F)cc3c(=O)c(C(=O)O)cn4c3c2CCC4C)CC[C@@H]1O. The summed E-state index contributed by atoms with van der Waals surface area (Å²) in [7, 11) is 0. The topological polar surface area (TPSA) is 82.8 Å². The van der Waals surface area contributed by atoms with Crippen molar-refractivity contribution in [2.75, 3.05) is 18.0 Å². The molecular weight excluding hydrogens is 387 g/mol. The van der Waals surface area contributed by atoms with Crippen molar-refractivity contribution in [2.45, 2.75) is 64.5 Å². The van der Waals surface area contributed by atoms with Crippen LogP contribution in [0.15, 0.2) is 17.1 Å². The first kappa shape index (κ1) is 20.8. The molecule has 6 nitrogen and oxygen atoms in total. The summed E-state index contributed by atoms with van der Waals surface area (Å²) < 4.78 is 17.2. The van der Waals surface area contributed by atoms with Crippen molar-refractivity contribution >= 4 is 22.6 Å². The number of aromatic nitrogens is 1. The quantitative estimate of drug-likeness (QED) is 0.776. The number of anilines is 1. The fourth-order valence-corrected chi connectivity index (χ4v) is 5.10. The predicted octanol–water partition coefficient (Wildman–Crippen LogP) is 3.72. The molecular formula is C23H29FN2O4. The fraction of sp³-hybridized carbons (Fsp3) is 0.565. The molecule has 2 N–H and O–H groups in total. The number of hydrogen-bond acceptors (Lipinski definition) is 4. The molecule has 2 aromatic rings. The van der Waals surface area contributed by atoms with Crippen LogP contribution < -0.4 is 10.3 Å². The molecule has 30 heavy (non-hydrogen) atoms. The van der Waals surface area contributed by atoms with Crippen molar-refractivity contribution in [1.29, 1.82) is 0 Å². The summed E-state index contributed by atoms with van der Waals surface area (Å²) in [5, 5.41) is 20.0. The highest BCUT2D eigenvalue weighted by Gasteiger charge is 2.33. The highest BCUT2D eigenvalue weighted by Crippen LogP contribution is 2.39. The van der Waals surface area contributed by atoms with Crippen molar-refractivity contribution in [2.24, 2.45) is 5.92 Å². The van der Waals surface area contributed by atoms with Gasteiger partial charge in [-0.3, -0.25) is 4.79 Å². The van der Waals surface area contributed by atoms with E-state index in [9.17, 15) is 19.8 Å². The minimum Gasteiger partial charge on any atom is -0.477 e. The van der Waals surface area contributed by atoms with Gasteiger partial charge in [0, 0.05) is 42.2 Å². The lowest BCUT2D eigenvalue weighted by Crippen LogP contribution is -2.44. The lowest BCUT2D eigenvalue weighted by Gasteiger charge is -2.40. The standard InChI is InChI=1S/C23H29FN2O4/c1-3-4-5-14-11-25(9-8-19(14)27)21-15-7-6-13(2)26-12-17(23(29)30)22(28)16(20(15)26)10-18(21)24/h10,12-14,19,27H,3-9,11H2,1-2H3,(H,29,30)/t13?,14?,19-/m0/s1. The normalized spacial score (nSPS) is 23.7. The van der Waals surface area contributed by atoms with Gasteiger partial charge in [0.05, 0.1) is 17.3 Å². The van der Waals surface area contributed by atoms with Gasteiger partial charge >= 0.3 is 5.97 Å². The van der Waals surface area contributed by atoms with Crippen molar-refractivity contribution in [3.05, 3.63) is 39.4 Å². The number of pyridine rings is 1. The molecule has 2 aliphatic rings. The molecule has 2 aliphatic heterocycles. The molecule has 2 unspecified atom stereocenters. The Labute approximate surface area is 174 Å². The fourth-order valence-electron chi connectivity index (χ4n) is 5.10. The number of aryl methyl sites for hydroxylation is 1. The number of carboxylic acid groups (broad SMARTS) is 1. The molecule has 1 aromatic carbocycles. The smallest absolute Gasteiger partial charge is 0.341 e. The summed E-state index contributed by atoms with van der Waals surface area (Å²) in [5.41, 5.74) is 0.984. The number of benzene rings is 1. The van der Waals surface area contributed by atoms with Crippen LogP contribution in [-0.2, 0) is 6.42 Å². The number of aliphatic hydroxyl groups excluding tert-OH is 1. The number of unbranched alkanes of at least 4 members (excludes halogenated alkanes) is 1. The third-order valence-corrected chi connectivity index (χ3v) is 6.80. The number of rotatable bonds is 5. The Morgan fingerprint density at radius 2 is 2.10 bits per heavy atom. The van der Waals surface area contributed by atoms with Gasteiger partial charge in [0.15, 0.2) is 0 Å². The Hall–Kier alpha value is -2.41. The maximum absolute atomic E-state index is 15.4. The van der Waals surface area contributed by atoms with Crippen LogP contribution in [0.5, 0.6) is 0 Å². The molecule has 0 bridgehead atoms. The van der Waals surface area contributed by atoms with E-state index in [2.05, 4.69) is 6.92 Å². The maximum atomic E-state index is 15.4. The molecule has 0 spiro atoms. The molecule has 0 radical (unpaired) electrons. The number of hydrogen-bond donors (Lipinski definition) is 2. The Kier molecular flexibility index (Phi) is 5.57. The minimum atomic E-state index is -1.29. The number of aromatic carboxylic acids is 1. The van der Waals surface area contributed by atoms with Gasteiger partial charge in [-0.05, 0) is 38.7 Å². The van der Waals surface area contributed by atoms with E-state index in [0.717, 1.165) is 31.2 Å². The highest BCUT2D eigenvalue weighted by atomic mass is 19.1. The van der Waals surface area contributed by atoms with Gasteiger partial charge in [-0.2, -0.15) is 0 Å². The van der Waals surface area contributed by atoms with Crippen LogP contribution in [0.2, 0.25) is 0 Å². The monoisotopic (exact) mass is 416 g/mol. The molecule has 0 amide bonds. The molecule has 162 valence electrons. The van der Waals surface area contributed by atoms with E-state index in [1.54, 1.807) is 0 Å². The molecule has 7 heteroatoms. The zero-order valence-corrected chi connectivity index (χ0v) is 17.5. The average Bonchev–Trinajstić information content (AvgIpc) is 2.71. The molecule has 1 fully saturated rings. The lowest BCUT2D eigenvalue weighted by molar-refractivity contribution is 0.0694. The lowest BCUT2D eigenvalue weighted by atomic mass is 9.88. The van der Waals surface area contributed by atoms with Gasteiger partial charge in [0.25, 0.3) is 0 Å². The number of carbonyl (C=O) groups is 1. The number of aliphatic hydroxyl groups is 1. The van der Waals surface area contributed by atoms with Crippen molar-refractivity contribution in [3.8, 4) is 0 Å². The first-order valence-corrected chi connectivity index (χ1v) is 10.9. The van der Waals surface area contributed by atoms with Gasteiger partial charge in [-0.25, -0.2) is 9.18 Å². The van der Waals surface area contributed by atoms with Gasteiger partial charge in [-0.15, -0.1) is 0 Å². The summed E-state index contributed by atoms with van der Waals surface area (Å²) >= 11 is 0. The highest BCUT2D eigenvalue weighted by molar-refractivity contribution is 5.95. The van der Waals surface area contributed by atoms with Crippen molar-refractivity contribution < 1.29 is 19.4 Å². The predicted molar refractivity (Wildman–Crippen MR) is 114 cm³/mol. The van der Waals surface area contributed by atoms with Crippen LogP contribution in [0.25, 0.3) is 10.9 Å². The van der Waals surface area contributed by atoms with E-state index < -0.39 is 17.2 Å². The van der Waals surface area contributed by atoms with E-state index in [1.165, 1.54) is 12.3 Å². The van der Waals surface area contributed by atoms with Crippen LogP contribution in [0.1, 0.15) is 67.9 Å². The number of halogens is 1. The largest absolute Gasteiger partial charge is 0.477 e. The summed E-state index contributed by atoms with van der Waals surface area (Å²) in [4.78, 5) is 26.3. The van der Waals surface area contributed by atoms with Gasteiger partial charge in [0.1, 0.15) is 11.4 Å². The zero-order valence-electron chi connectivity index (χ0n) is 17.5. The second kappa shape index (κ2) is 8.02. The summed E-state index contributed by atoms with van der Waals surface area (Å²) in [5.74, 6) is -1.68. The summed E-state index contributed by atoms with van der Waals surface area (Å²) in [6.45, 7) is 5.25. The van der Waals surface area contributed by atoms with E-state index in [4.69, 9.17) is 0 Å². The third-order valence-electron chi connectivity index (χ3n) is 6.80. The Morgan fingerprint density at radius 3 is 2.80 bits per heavy atom. The van der Waals surface area contributed by atoms with Crippen LogP contribution in [-0.4, -0.2) is 39.9 Å². The van der Waals surface area contributed by atoms with Gasteiger partial charge < -0.3 is 19.7 Å². The number of piperidine rings is 1. The van der Waals surface area contributed by atoms with Crippen LogP contribution in [0.3, 0.4) is 0 Å². The average molecular weight is 416 g/mol. The molecule has 3 atom stereocenters. The Bertz CT molecular complexity index is 1050. The number of nitrogens with zero attached hydrogens (tertiary/aromatic N) is 2. The molecule has 1 aromatic heterocycles. The van der Waals surface area contributed by atoms with Crippen LogP contribution in [0.4, 0.5) is 10.1 Å². The van der Waals surface area contributed by atoms with E-state index in [0.29, 0.717) is 37.1 Å². The van der Waals surface area contributed by atoms with E-state index in [-0.39, 0.29) is 29.0 Å². The van der Waals surface area contributed by atoms with Crippen LogP contribution >= 0.6 is 0 Å². The first-order valence-electron chi connectivity index (χ1n) is 10.9. The Morgan fingerprint density at radius 1 is 1.33 bits per heavy atom. The van der Waals surface area contributed by atoms with Crippen molar-refractivity contribution in [1.82, 2.24) is 4.57 Å². The van der Waals surface area contributed by atoms with Gasteiger partial charge in [0.2, 0.25) is 5.43 Å². The van der Waals surface area contributed by atoms with E-state index in [1.807, 2.05) is 16.4 Å². The second-order valence-corrected chi connectivity index (χ2v) is 8.76. The molecule has 4 rings (SSSR count). The molecule has 3 heterocycles. The maximum Gasteiger partial charge on any atom is 0.341 e. The molecule has 1 saturated heterocycles. The molecule has 0 saturated carbocycles. The molecule has 0 aliphatic carbocycles. The van der Waals surface area contributed by atoms with Crippen LogP contribution in [0, 0.1) is 11.7 Å². The first-order chi connectivity index (χ1) is 14.3. The summed E-state index contributed by atoms with van der Waals surface area (Å²) in [6, 6.07) is 1.24. The second-order valence-electron chi connectivity index (χ2n) is 8.76. The van der Waals surface area contributed by atoms with E-state index >= 15 is 4.39 Å². The zero-order chi connectivity index (χ0) is 21.6. The summed E-state index contributed by atoms with van der Waals surface area (Å²) in [6.07, 6.45) is 5.99. The van der Waals surface area contributed by atoms with Gasteiger partial charge in [-0.1, -0.05) is 19.8 Å². The Balaban J connectivity index is 1.87. The minimum absolute atomic E-state index is 0.0255.